The van der Waals surface area contributed by atoms with E-state index in [-0.39, 0.29) is 17.3 Å². The van der Waals surface area contributed by atoms with Crippen molar-refractivity contribution < 1.29 is 18.0 Å². The number of halogens is 1. The van der Waals surface area contributed by atoms with Crippen molar-refractivity contribution in [1.82, 2.24) is 10.2 Å². The SMILES string of the molecule is CCNC(=O)C(C)N(Cc1cccc(Cl)c1)C(=O)CN(c1ccc(C)cc1C)S(=O)(=O)c1ccccc1. The molecule has 1 N–H and O–H groups in total. The molecule has 37 heavy (non-hydrogen) atoms. The molecule has 0 radical (unpaired) electrons. The minimum absolute atomic E-state index is 0.0703. The van der Waals surface area contributed by atoms with E-state index in [1.54, 1.807) is 75.4 Å². The van der Waals surface area contributed by atoms with Crippen LogP contribution in [-0.2, 0) is 26.2 Å². The molecular weight excluding hydrogens is 510 g/mol. The molecule has 0 aliphatic heterocycles. The van der Waals surface area contributed by atoms with Crippen LogP contribution in [0.2, 0.25) is 5.02 Å². The molecule has 1 unspecified atom stereocenters. The molecule has 3 aromatic carbocycles. The zero-order valence-corrected chi connectivity index (χ0v) is 23.0. The highest BCUT2D eigenvalue weighted by molar-refractivity contribution is 7.92. The van der Waals surface area contributed by atoms with Gasteiger partial charge in [-0.25, -0.2) is 8.42 Å². The van der Waals surface area contributed by atoms with Crippen LogP contribution in [0, 0.1) is 13.8 Å². The molecule has 0 bridgehead atoms. The quantitative estimate of drug-likeness (QED) is 0.403. The Morgan fingerprint density at radius 3 is 2.30 bits per heavy atom. The van der Waals surface area contributed by atoms with Crippen LogP contribution in [0.3, 0.4) is 0 Å². The fourth-order valence-corrected chi connectivity index (χ4v) is 5.77. The highest BCUT2D eigenvalue weighted by Crippen LogP contribution is 2.28. The number of aryl methyl sites for hydroxylation is 2. The predicted octanol–water partition coefficient (Wildman–Crippen LogP) is 4.71. The highest BCUT2D eigenvalue weighted by atomic mass is 35.5. The number of benzene rings is 3. The first-order valence-corrected chi connectivity index (χ1v) is 13.8. The van der Waals surface area contributed by atoms with E-state index >= 15 is 0 Å². The Morgan fingerprint density at radius 2 is 1.68 bits per heavy atom. The highest BCUT2D eigenvalue weighted by Gasteiger charge is 2.33. The summed E-state index contributed by atoms with van der Waals surface area (Å²) in [5, 5.41) is 3.24. The maximum atomic E-state index is 13.8. The lowest BCUT2D eigenvalue weighted by Crippen LogP contribution is -2.51. The summed E-state index contributed by atoms with van der Waals surface area (Å²) < 4.78 is 28.7. The van der Waals surface area contributed by atoms with E-state index in [1.807, 2.05) is 13.0 Å². The normalized spacial score (nSPS) is 12.0. The van der Waals surface area contributed by atoms with Crippen molar-refractivity contribution in [2.45, 2.75) is 45.2 Å². The molecule has 3 aromatic rings. The van der Waals surface area contributed by atoms with Crippen molar-refractivity contribution >= 4 is 39.1 Å². The third-order valence-corrected chi connectivity index (χ3v) is 8.00. The van der Waals surface area contributed by atoms with Gasteiger partial charge >= 0.3 is 0 Å². The largest absolute Gasteiger partial charge is 0.355 e. The van der Waals surface area contributed by atoms with Crippen LogP contribution in [0.1, 0.15) is 30.5 Å². The van der Waals surface area contributed by atoms with Gasteiger partial charge < -0.3 is 10.2 Å². The molecule has 196 valence electrons. The molecule has 2 amide bonds. The Morgan fingerprint density at radius 1 is 0.973 bits per heavy atom. The number of rotatable bonds is 10. The number of nitrogens with one attached hydrogen (secondary N) is 1. The molecular formula is C28H32ClN3O4S. The second-order valence-corrected chi connectivity index (χ2v) is 11.1. The topological polar surface area (TPSA) is 86.8 Å². The zero-order valence-electron chi connectivity index (χ0n) is 21.4. The first-order valence-electron chi connectivity index (χ1n) is 12.0. The minimum Gasteiger partial charge on any atom is -0.355 e. The Hall–Kier alpha value is -3.36. The number of amides is 2. The molecule has 1 atom stereocenters. The van der Waals surface area contributed by atoms with E-state index in [1.165, 1.54) is 17.0 Å². The van der Waals surface area contributed by atoms with Gasteiger partial charge in [0.25, 0.3) is 10.0 Å². The third kappa shape index (κ3) is 6.90. The molecule has 0 aliphatic rings. The maximum Gasteiger partial charge on any atom is 0.264 e. The average Bonchev–Trinajstić information content (AvgIpc) is 2.86. The van der Waals surface area contributed by atoms with Gasteiger partial charge in [0.1, 0.15) is 12.6 Å². The first-order chi connectivity index (χ1) is 17.5. The van der Waals surface area contributed by atoms with Crippen LogP contribution in [0.5, 0.6) is 0 Å². The molecule has 0 saturated heterocycles. The number of hydrogen-bond acceptors (Lipinski definition) is 4. The summed E-state index contributed by atoms with van der Waals surface area (Å²) in [5.74, 6) is -0.847. The number of anilines is 1. The van der Waals surface area contributed by atoms with Gasteiger partial charge in [-0.2, -0.15) is 0 Å². The van der Waals surface area contributed by atoms with Gasteiger partial charge in [-0.15, -0.1) is 0 Å². The molecule has 0 aliphatic carbocycles. The van der Waals surface area contributed by atoms with Crippen molar-refractivity contribution in [2.75, 3.05) is 17.4 Å². The van der Waals surface area contributed by atoms with Crippen LogP contribution in [0.15, 0.2) is 77.7 Å². The predicted molar refractivity (Wildman–Crippen MR) is 147 cm³/mol. The van der Waals surface area contributed by atoms with Gasteiger partial charge in [0, 0.05) is 18.1 Å². The number of carbonyl (C=O) groups is 2. The molecule has 7 nitrogen and oxygen atoms in total. The molecule has 0 spiro atoms. The van der Waals surface area contributed by atoms with Crippen molar-refractivity contribution in [1.29, 1.82) is 0 Å². The van der Waals surface area contributed by atoms with Crippen LogP contribution in [0.4, 0.5) is 5.69 Å². The van der Waals surface area contributed by atoms with Gasteiger partial charge in [-0.3, -0.25) is 13.9 Å². The summed E-state index contributed by atoms with van der Waals surface area (Å²) in [4.78, 5) is 28.0. The fraction of sp³-hybridized carbons (Fsp3) is 0.286. The smallest absolute Gasteiger partial charge is 0.264 e. The van der Waals surface area contributed by atoms with Crippen molar-refractivity contribution in [3.05, 3.63) is 94.5 Å². The second kappa shape index (κ2) is 12.3. The van der Waals surface area contributed by atoms with E-state index in [0.717, 1.165) is 15.4 Å². The summed E-state index contributed by atoms with van der Waals surface area (Å²) >= 11 is 6.15. The van der Waals surface area contributed by atoms with Crippen LogP contribution in [-0.4, -0.2) is 44.3 Å². The van der Waals surface area contributed by atoms with Gasteiger partial charge in [-0.1, -0.05) is 59.6 Å². The molecule has 0 aromatic heterocycles. The van der Waals surface area contributed by atoms with Crippen molar-refractivity contribution in [3.63, 3.8) is 0 Å². The van der Waals surface area contributed by atoms with E-state index in [4.69, 9.17) is 11.6 Å². The summed E-state index contributed by atoms with van der Waals surface area (Å²) in [6.07, 6.45) is 0. The molecule has 3 rings (SSSR count). The summed E-state index contributed by atoms with van der Waals surface area (Å²) in [6, 6.07) is 19.5. The van der Waals surface area contributed by atoms with E-state index < -0.39 is 28.5 Å². The number of likely N-dealkylation sites (N-methyl/N-ethyl adjacent to an activating group) is 1. The standard InChI is InChI=1S/C28H32ClN3O4S/c1-5-30-28(34)22(4)31(18-23-10-9-11-24(29)17-23)27(33)19-32(26-15-14-20(2)16-21(26)3)37(35,36)25-12-7-6-8-13-25/h6-17,22H,5,18-19H2,1-4H3,(H,30,34). The van der Waals surface area contributed by atoms with E-state index in [9.17, 15) is 18.0 Å². The Kier molecular flexibility index (Phi) is 9.34. The summed E-state index contributed by atoms with van der Waals surface area (Å²) in [7, 11) is -4.09. The number of nitrogens with zero attached hydrogens (tertiary/aromatic N) is 2. The van der Waals surface area contributed by atoms with Gasteiger partial charge in [0.05, 0.1) is 10.6 Å². The van der Waals surface area contributed by atoms with Gasteiger partial charge in [0.2, 0.25) is 11.8 Å². The molecule has 0 heterocycles. The van der Waals surface area contributed by atoms with E-state index in [2.05, 4.69) is 5.32 Å². The maximum absolute atomic E-state index is 13.8. The van der Waals surface area contributed by atoms with Crippen molar-refractivity contribution in [2.24, 2.45) is 0 Å². The number of hydrogen-bond donors (Lipinski definition) is 1. The Balaban J connectivity index is 2.05. The number of carbonyl (C=O) groups excluding carboxylic acids is 2. The van der Waals surface area contributed by atoms with E-state index in [0.29, 0.717) is 22.8 Å². The molecule has 0 fully saturated rings. The van der Waals surface area contributed by atoms with Gasteiger partial charge in [-0.05, 0) is 69.2 Å². The van der Waals surface area contributed by atoms with Crippen LogP contribution in [0.25, 0.3) is 0 Å². The van der Waals surface area contributed by atoms with Crippen LogP contribution < -0.4 is 9.62 Å². The van der Waals surface area contributed by atoms with Gasteiger partial charge in [0.15, 0.2) is 0 Å². The van der Waals surface area contributed by atoms with Crippen LogP contribution >= 0.6 is 11.6 Å². The number of sulfonamides is 1. The zero-order chi connectivity index (χ0) is 27.2. The summed E-state index contributed by atoms with van der Waals surface area (Å²) in [5.41, 5.74) is 2.81. The van der Waals surface area contributed by atoms with Crippen molar-refractivity contribution in [3.8, 4) is 0 Å². The Bertz CT molecular complexity index is 1360. The molecule has 9 heteroatoms. The lowest BCUT2D eigenvalue weighted by Gasteiger charge is -2.32. The fourth-order valence-electron chi connectivity index (χ4n) is 4.05. The lowest BCUT2D eigenvalue weighted by molar-refractivity contribution is -0.139. The third-order valence-electron chi connectivity index (χ3n) is 5.99. The second-order valence-electron chi connectivity index (χ2n) is 8.84. The molecule has 0 saturated carbocycles. The first kappa shape index (κ1) is 28.2. The Labute approximate surface area is 224 Å². The minimum atomic E-state index is -4.09. The summed E-state index contributed by atoms with van der Waals surface area (Å²) in [6.45, 7) is 7.15. The monoisotopic (exact) mass is 541 g/mol. The lowest BCUT2D eigenvalue weighted by atomic mass is 10.1. The average molecular weight is 542 g/mol.